The van der Waals surface area contributed by atoms with E-state index in [2.05, 4.69) is 24.5 Å². The van der Waals surface area contributed by atoms with E-state index in [-0.39, 0.29) is 29.7 Å². The average Bonchev–Trinajstić information content (AvgIpc) is 3.43. The normalized spacial score (nSPS) is 14.3. The van der Waals surface area contributed by atoms with E-state index in [4.69, 9.17) is 5.73 Å². The number of nitrogens with two attached hydrogens (primary N) is 1. The van der Waals surface area contributed by atoms with Gasteiger partial charge in [-0.2, -0.15) is 0 Å². The number of benzene rings is 1. The number of amides is 3. The van der Waals surface area contributed by atoms with Crippen molar-refractivity contribution in [2.45, 2.75) is 78.8 Å². The Bertz CT molecular complexity index is 1000. The molecule has 0 fully saturated rings. The molecule has 0 aliphatic heterocycles. The quantitative estimate of drug-likeness (QED) is 0.282. The van der Waals surface area contributed by atoms with E-state index in [1.54, 1.807) is 35.6 Å². The highest BCUT2D eigenvalue weighted by atomic mass is 32.1. The molecule has 0 spiro atoms. The molecule has 7 nitrogen and oxygen atoms in total. The first-order valence-corrected chi connectivity index (χ1v) is 14.8. The Morgan fingerprint density at radius 2 is 1.68 bits per heavy atom. The number of carbonyl (C=O) groups excluding carboxylic acids is 3. The summed E-state index contributed by atoms with van der Waals surface area (Å²) in [4.78, 5) is 42.0. The van der Waals surface area contributed by atoms with Crippen molar-refractivity contribution in [3.05, 3.63) is 57.8 Å². The number of nitrogens with zero attached hydrogens (tertiary/aromatic N) is 1. The molecular formula is C30H46N4O3S. The van der Waals surface area contributed by atoms with E-state index >= 15 is 0 Å². The molecule has 0 saturated carbocycles. The van der Waals surface area contributed by atoms with Crippen LogP contribution in [0.1, 0.15) is 85.9 Å². The van der Waals surface area contributed by atoms with Crippen LogP contribution in [0.2, 0.25) is 0 Å². The van der Waals surface area contributed by atoms with Gasteiger partial charge in [0.05, 0.1) is 0 Å². The van der Waals surface area contributed by atoms with Crippen LogP contribution in [0.4, 0.5) is 0 Å². The van der Waals surface area contributed by atoms with E-state index in [0.717, 1.165) is 24.1 Å². The second-order valence-electron chi connectivity index (χ2n) is 10.3. The lowest BCUT2D eigenvalue weighted by Crippen LogP contribution is -2.50. The van der Waals surface area contributed by atoms with Crippen molar-refractivity contribution in [3.63, 3.8) is 0 Å². The standard InChI is InChI=1S/C30H46N4O3S/c1-6-14-34(15-7-2)30(37)24-12-9-11-23(18-24)29(36)33-27(19-25-13-10-16-38-25)26(31)17-22(5)28(35)32-20-21(4)8-3/h9-13,16,18,21-22,26-27H,6-8,14-15,17,19-20,31H2,1-5H3,(H,32,35)(H,33,36)/t21-,22+,26-,27-/m0/s1. The molecule has 0 radical (unpaired) electrons. The molecule has 210 valence electrons. The van der Waals surface area contributed by atoms with Crippen molar-refractivity contribution in [3.8, 4) is 0 Å². The van der Waals surface area contributed by atoms with Gasteiger partial charge >= 0.3 is 0 Å². The summed E-state index contributed by atoms with van der Waals surface area (Å²) in [6.07, 6.45) is 3.78. The molecule has 4 N–H and O–H groups in total. The van der Waals surface area contributed by atoms with Gasteiger partial charge in [0, 0.05) is 60.1 Å². The highest BCUT2D eigenvalue weighted by Gasteiger charge is 2.26. The van der Waals surface area contributed by atoms with Gasteiger partial charge in [0.2, 0.25) is 5.91 Å². The van der Waals surface area contributed by atoms with E-state index < -0.39 is 6.04 Å². The molecule has 1 aromatic carbocycles. The summed E-state index contributed by atoms with van der Waals surface area (Å²) in [6.45, 7) is 12.2. The van der Waals surface area contributed by atoms with E-state index in [1.165, 1.54) is 0 Å². The molecule has 0 aliphatic carbocycles. The molecule has 0 saturated heterocycles. The van der Waals surface area contributed by atoms with Crippen molar-refractivity contribution in [1.29, 1.82) is 0 Å². The summed E-state index contributed by atoms with van der Waals surface area (Å²) in [7, 11) is 0. The lowest BCUT2D eigenvalue weighted by atomic mass is 9.93. The Morgan fingerprint density at radius 3 is 2.29 bits per heavy atom. The van der Waals surface area contributed by atoms with E-state index in [9.17, 15) is 14.4 Å². The summed E-state index contributed by atoms with van der Waals surface area (Å²) >= 11 is 1.61. The summed E-state index contributed by atoms with van der Waals surface area (Å²) in [5.74, 6) is -0.211. The van der Waals surface area contributed by atoms with Crippen molar-refractivity contribution in [1.82, 2.24) is 15.5 Å². The zero-order valence-corrected chi connectivity index (χ0v) is 24.5. The fourth-order valence-corrected chi connectivity index (χ4v) is 5.08. The molecule has 0 aliphatic rings. The fourth-order valence-electron chi connectivity index (χ4n) is 4.31. The predicted molar refractivity (Wildman–Crippen MR) is 156 cm³/mol. The van der Waals surface area contributed by atoms with Crippen LogP contribution >= 0.6 is 11.3 Å². The molecule has 0 bridgehead atoms. The predicted octanol–water partition coefficient (Wildman–Crippen LogP) is 4.87. The molecular weight excluding hydrogens is 496 g/mol. The van der Waals surface area contributed by atoms with Crippen molar-refractivity contribution >= 4 is 29.1 Å². The topological polar surface area (TPSA) is 105 Å². The molecule has 2 rings (SSSR count). The van der Waals surface area contributed by atoms with Gasteiger partial charge in [-0.15, -0.1) is 11.3 Å². The summed E-state index contributed by atoms with van der Waals surface area (Å²) in [6, 6.07) is 10.1. The smallest absolute Gasteiger partial charge is 0.253 e. The number of thiophene rings is 1. The minimum Gasteiger partial charge on any atom is -0.356 e. The van der Waals surface area contributed by atoms with Crippen LogP contribution in [0.5, 0.6) is 0 Å². The van der Waals surface area contributed by atoms with Crippen molar-refractivity contribution in [2.75, 3.05) is 19.6 Å². The average molecular weight is 543 g/mol. The lowest BCUT2D eigenvalue weighted by Gasteiger charge is -2.27. The van der Waals surface area contributed by atoms with Gasteiger partial charge in [-0.05, 0) is 54.8 Å². The summed E-state index contributed by atoms with van der Waals surface area (Å²) in [5.41, 5.74) is 7.54. The maximum Gasteiger partial charge on any atom is 0.253 e. The van der Waals surface area contributed by atoms with E-state index in [0.29, 0.717) is 49.5 Å². The Labute approximate surface area is 232 Å². The molecule has 38 heavy (non-hydrogen) atoms. The monoisotopic (exact) mass is 542 g/mol. The van der Waals surface area contributed by atoms with Crippen LogP contribution < -0.4 is 16.4 Å². The fraction of sp³-hybridized carbons (Fsp3) is 0.567. The van der Waals surface area contributed by atoms with Crippen LogP contribution in [0, 0.1) is 11.8 Å². The molecule has 8 heteroatoms. The molecule has 1 heterocycles. The van der Waals surface area contributed by atoms with Gasteiger partial charge in [-0.1, -0.05) is 53.2 Å². The molecule has 4 atom stereocenters. The van der Waals surface area contributed by atoms with Crippen LogP contribution in [0.3, 0.4) is 0 Å². The molecule has 3 amide bonds. The van der Waals surface area contributed by atoms with Gasteiger partial charge in [0.1, 0.15) is 0 Å². The number of hydrogen-bond acceptors (Lipinski definition) is 5. The SMILES string of the molecule is CCCN(CCC)C(=O)c1cccc(C(=O)N[C@@H](Cc2cccs2)[C@@H](N)C[C@@H](C)C(=O)NC[C@@H](C)CC)c1. The maximum atomic E-state index is 13.3. The van der Waals surface area contributed by atoms with Gasteiger partial charge in [-0.25, -0.2) is 0 Å². The minimum atomic E-state index is -0.417. The van der Waals surface area contributed by atoms with Gasteiger partial charge in [0.15, 0.2) is 0 Å². The van der Waals surface area contributed by atoms with Gasteiger partial charge in [0.25, 0.3) is 11.8 Å². The Balaban J connectivity index is 2.15. The van der Waals surface area contributed by atoms with Gasteiger partial charge < -0.3 is 21.3 Å². The Hall–Kier alpha value is -2.71. The first-order valence-electron chi connectivity index (χ1n) is 14.0. The third-order valence-corrected chi connectivity index (χ3v) is 7.77. The second kappa shape index (κ2) is 16.3. The van der Waals surface area contributed by atoms with Crippen molar-refractivity contribution < 1.29 is 14.4 Å². The number of rotatable bonds is 16. The van der Waals surface area contributed by atoms with Gasteiger partial charge in [-0.3, -0.25) is 14.4 Å². The van der Waals surface area contributed by atoms with Crippen LogP contribution in [-0.2, 0) is 11.2 Å². The lowest BCUT2D eigenvalue weighted by molar-refractivity contribution is -0.125. The Kier molecular flexibility index (Phi) is 13.5. The maximum absolute atomic E-state index is 13.3. The third kappa shape index (κ3) is 9.87. The number of carbonyl (C=O) groups is 3. The number of hydrogen-bond donors (Lipinski definition) is 3. The molecule has 1 aromatic heterocycles. The first-order chi connectivity index (χ1) is 18.2. The first kappa shape index (κ1) is 31.5. The highest BCUT2D eigenvalue weighted by Crippen LogP contribution is 2.17. The van der Waals surface area contributed by atoms with Crippen LogP contribution in [-0.4, -0.2) is 54.3 Å². The third-order valence-electron chi connectivity index (χ3n) is 6.88. The van der Waals surface area contributed by atoms with Crippen LogP contribution in [0.15, 0.2) is 41.8 Å². The highest BCUT2D eigenvalue weighted by molar-refractivity contribution is 7.09. The molecule has 0 unspecified atom stereocenters. The zero-order chi connectivity index (χ0) is 28.1. The Morgan fingerprint density at radius 1 is 1.00 bits per heavy atom. The summed E-state index contributed by atoms with van der Waals surface area (Å²) < 4.78 is 0. The minimum absolute atomic E-state index is 0.0168. The largest absolute Gasteiger partial charge is 0.356 e. The zero-order valence-electron chi connectivity index (χ0n) is 23.7. The van der Waals surface area contributed by atoms with Crippen molar-refractivity contribution in [2.24, 2.45) is 17.6 Å². The number of nitrogens with one attached hydrogen (secondary N) is 2. The molecule has 2 aromatic rings. The summed E-state index contributed by atoms with van der Waals surface area (Å²) in [5, 5.41) is 8.12. The van der Waals surface area contributed by atoms with Crippen LogP contribution in [0.25, 0.3) is 0 Å². The van der Waals surface area contributed by atoms with E-state index in [1.807, 2.05) is 43.2 Å². The second-order valence-corrected chi connectivity index (χ2v) is 11.3.